The molecule has 0 atom stereocenters. The van der Waals surface area contributed by atoms with E-state index < -0.39 is 5.60 Å². The van der Waals surface area contributed by atoms with Gasteiger partial charge in [-0.3, -0.25) is 9.59 Å². The van der Waals surface area contributed by atoms with Crippen molar-refractivity contribution in [3.8, 4) is 0 Å². The van der Waals surface area contributed by atoms with Crippen LogP contribution in [0.2, 0.25) is 0 Å². The Balaban J connectivity index is 1.62. The van der Waals surface area contributed by atoms with Crippen LogP contribution in [-0.4, -0.2) is 17.4 Å². The molecule has 2 aliphatic carbocycles. The summed E-state index contributed by atoms with van der Waals surface area (Å²) in [4.78, 5) is 23.3. The van der Waals surface area contributed by atoms with Crippen molar-refractivity contribution in [2.75, 3.05) is 0 Å². The molecule has 3 nitrogen and oxygen atoms in total. The van der Waals surface area contributed by atoms with E-state index in [1.54, 1.807) is 0 Å². The number of cyclic esters (lactones) is 1. The second-order valence-electron chi connectivity index (χ2n) is 6.51. The van der Waals surface area contributed by atoms with Gasteiger partial charge in [-0.05, 0) is 37.5 Å². The van der Waals surface area contributed by atoms with E-state index in [1.807, 2.05) is 0 Å². The maximum absolute atomic E-state index is 11.7. The van der Waals surface area contributed by atoms with Gasteiger partial charge >= 0.3 is 5.97 Å². The van der Waals surface area contributed by atoms with Crippen LogP contribution in [0.25, 0.3) is 0 Å². The Kier molecular flexibility index (Phi) is 3.16. The summed E-state index contributed by atoms with van der Waals surface area (Å²) in [7, 11) is 0. The summed E-state index contributed by atoms with van der Waals surface area (Å²) in [5, 5.41) is 0. The molecule has 0 radical (unpaired) electrons. The molecular weight excluding hydrogens is 228 g/mol. The SMILES string of the molecule is O=C1CC(=O)OC(CCC2CC2)(CCC2CC2)C1. The molecule has 0 N–H and O–H groups in total. The molecule has 1 saturated heterocycles. The third-order valence-electron chi connectivity index (χ3n) is 4.60. The summed E-state index contributed by atoms with van der Waals surface area (Å²) < 4.78 is 5.64. The van der Waals surface area contributed by atoms with Gasteiger partial charge in [0.1, 0.15) is 17.8 Å². The van der Waals surface area contributed by atoms with Crippen molar-refractivity contribution in [1.82, 2.24) is 0 Å². The van der Waals surface area contributed by atoms with Crippen LogP contribution < -0.4 is 0 Å². The average Bonchev–Trinajstić information content (AvgIpc) is 3.16. The van der Waals surface area contributed by atoms with Gasteiger partial charge in [0.25, 0.3) is 0 Å². The number of carbonyl (C=O) groups is 2. The molecule has 0 aromatic rings. The molecule has 0 amide bonds. The zero-order valence-electron chi connectivity index (χ0n) is 11.0. The Morgan fingerprint density at radius 3 is 2.00 bits per heavy atom. The number of Topliss-reactive ketones (excluding diaryl/α,β-unsaturated/α-hetero) is 1. The van der Waals surface area contributed by atoms with Crippen LogP contribution >= 0.6 is 0 Å². The predicted molar refractivity (Wildman–Crippen MR) is 67.0 cm³/mol. The molecule has 3 aliphatic rings. The Labute approximate surface area is 108 Å². The second-order valence-corrected chi connectivity index (χ2v) is 6.51. The highest BCUT2D eigenvalue weighted by atomic mass is 16.6. The molecule has 0 aromatic heterocycles. The lowest BCUT2D eigenvalue weighted by Gasteiger charge is -2.36. The van der Waals surface area contributed by atoms with Gasteiger partial charge in [-0.2, -0.15) is 0 Å². The van der Waals surface area contributed by atoms with Crippen LogP contribution in [0.15, 0.2) is 0 Å². The van der Waals surface area contributed by atoms with E-state index in [9.17, 15) is 9.59 Å². The smallest absolute Gasteiger partial charge is 0.313 e. The minimum Gasteiger partial charge on any atom is -0.458 e. The summed E-state index contributed by atoms with van der Waals surface area (Å²) in [5.41, 5.74) is -0.433. The standard InChI is InChI=1S/C15H22O3/c16-13-9-14(17)18-15(10-13,7-5-11-1-2-11)8-6-12-3-4-12/h11-12H,1-10H2. The quantitative estimate of drug-likeness (QED) is 0.537. The number of hydrogen-bond acceptors (Lipinski definition) is 3. The highest BCUT2D eigenvalue weighted by Crippen LogP contribution is 2.43. The zero-order chi connectivity index (χ0) is 12.6. The van der Waals surface area contributed by atoms with Gasteiger partial charge in [-0.15, -0.1) is 0 Å². The van der Waals surface area contributed by atoms with E-state index in [4.69, 9.17) is 4.74 Å². The Hall–Kier alpha value is -0.860. The van der Waals surface area contributed by atoms with E-state index in [-0.39, 0.29) is 18.2 Å². The zero-order valence-corrected chi connectivity index (χ0v) is 11.0. The lowest BCUT2D eigenvalue weighted by Crippen LogP contribution is -2.42. The van der Waals surface area contributed by atoms with Crippen molar-refractivity contribution in [2.24, 2.45) is 11.8 Å². The molecule has 3 fully saturated rings. The number of ether oxygens (including phenoxy) is 1. The van der Waals surface area contributed by atoms with Gasteiger partial charge < -0.3 is 4.74 Å². The van der Waals surface area contributed by atoms with Gasteiger partial charge in [-0.25, -0.2) is 0 Å². The number of rotatable bonds is 6. The molecule has 18 heavy (non-hydrogen) atoms. The maximum atomic E-state index is 11.7. The normalized spacial score (nSPS) is 27.1. The topological polar surface area (TPSA) is 43.4 Å². The van der Waals surface area contributed by atoms with Gasteiger partial charge in [0.15, 0.2) is 0 Å². The number of carbonyl (C=O) groups excluding carboxylic acids is 2. The summed E-state index contributed by atoms with van der Waals surface area (Å²) >= 11 is 0. The summed E-state index contributed by atoms with van der Waals surface area (Å²) in [6.45, 7) is 0. The molecule has 0 spiro atoms. The minimum absolute atomic E-state index is 0.00535. The maximum Gasteiger partial charge on any atom is 0.313 e. The fraction of sp³-hybridized carbons (Fsp3) is 0.867. The Bertz CT molecular complexity index is 319. The van der Waals surface area contributed by atoms with Gasteiger partial charge in [0.2, 0.25) is 0 Å². The van der Waals surface area contributed by atoms with Crippen LogP contribution in [0, 0.1) is 11.8 Å². The largest absolute Gasteiger partial charge is 0.458 e. The highest BCUT2D eigenvalue weighted by Gasteiger charge is 2.42. The van der Waals surface area contributed by atoms with Crippen molar-refractivity contribution < 1.29 is 14.3 Å². The molecule has 100 valence electrons. The predicted octanol–water partition coefficient (Wildman–Crippen LogP) is 3.01. The summed E-state index contributed by atoms with van der Waals surface area (Å²) in [5.74, 6) is 1.45. The van der Waals surface area contributed by atoms with Gasteiger partial charge in [0, 0.05) is 6.42 Å². The fourth-order valence-corrected chi connectivity index (χ4v) is 3.05. The monoisotopic (exact) mass is 250 g/mol. The highest BCUT2D eigenvalue weighted by molar-refractivity contribution is 5.98. The first kappa shape index (κ1) is 12.2. The third-order valence-corrected chi connectivity index (χ3v) is 4.60. The van der Waals surface area contributed by atoms with E-state index in [1.165, 1.54) is 25.7 Å². The first-order valence-corrected chi connectivity index (χ1v) is 7.39. The van der Waals surface area contributed by atoms with Crippen LogP contribution in [0.1, 0.15) is 64.2 Å². The first-order chi connectivity index (χ1) is 8.65. The molecule has 3 heteroatoms. The number of esters is 1. The van der Waals surface area contributed by atoms with Crippen molar-refractivity contribution in [2.45, 2.75) is 69.8 Å². The molecular formula is C15H22O3. The van der Waals surface area contributed by atoms with Crippen LogP contribution in [0.3, 0.4) is 0 Å². The number of ketones is 1. The molecule has 3 rings (SSSR count). The Morgan fingerprint density at radius 2 is 1.56 bits per heavy atom. The van der Waals surface area contributed by atoms with Crippen LogP contribution in [-0.2, 0) is 14.3 Å². The molecule has 0 bridgehead atoms. The van der Waals surface area contributed by atoms with E-state index in [0.717, 1.165) is 37.5 Å². The molecule has 0 unspecified atom stereocenters. The van der Waals surface area contributed by atoms with E-state index in [0.29, 0.717) is 6.42 Å². The minimum atomic E-state index is -0.433. The van der Waals surface area contributed by atoms with Gasteiger partial charge in [0.05, 0.1) is 0 Å². The number of hydrogen-bond donors (Lipinski definition) is 0. The molecule has 2 saturated carbocycles. The van der Waals surface area contributed by atoms with Crippen molar-refractivity contribution in [3.05, 3.63) is 0 Å². The van der Waals surface area contributed by atoms with E-state index >= 15 is 0 Å². The van der Waals surface area contributed by atoms with Crippen molar-refractivity contribution in [3.63, 3.8) is 0 Å². The molecule has 0 aromatic carbocycles. The van der Waals surface area contributed by atoms with Gasteiger partial charge in [-0.1, -0.05) is 25.7 Å². The molecule has 1 heterocycles. The second kappa shape index (κ2) is 4.67. The van der Waals surface area contributed by atoms with Crippen LogP contribution in [0.5, 0.6) is 0 Å². The summed E-state index contributed by atoms with van der Waals surface area (Å²) in [6.07, 6.45) is 9.81. The van der Waals surface area contributed by atoms with Crippen molar-refractivity contribution in [1.29, 1.82) is 0 Å². The molecule has 1 aliphatic heterocycles. The third kappa shape index (κ3) is 3.12. The van der Waals surface area contributed by atoms with Crippen LogP contribution in [0.4, 0.5) is 0 Å². The lowest BCUT2D eigenvalue weighted by molar-refractivity contribution is -0.172. The lowest BCUT2D eigenvalue weighted by atomic mass is 9.83. The van der Waals surface area contributed by atoms with E-state index in [2.05, 4.69) is 0 Å². The van der Waals surface area contributed by atoms with Crippen molar-refractivity contribution >= 4 is 11.8 Å². The average molecular weight is 250 g/mol. The fourth-order valence-electron chi connectivity index (χ4n) is 3.05. The first-order valence-electron chi connectivity index (χ1n) is 7.39. The Morgan fingerprint density at radius 1 is 1.00 bits per heavy atom. The summed E-state index contributed by atoms with van der Waals surface area (Å²) in [6, 6.07) is 0.